The highest BCUT2D eigenvalue weighted by atomic mass is 32.1. The van der Waals surface area contributed by atoms with E-state index in [1.54, 1.807) is 11.3 Å². The second-order valence-corrected chi connectivity index (χ2v) is 9.34. The van der Waals surface area contributed by atoms with Gasteiger partial charge in [0.15, 0.2) is 0 Å². The molecule has 0 radical (unpaired) electrons. The number of allylic oxidation sites excluding steroid dienone is 2. The Bertz CT molecular complexity index is 905. The van der Waals surface area contributed by atoms with Crippen molar-refractivity contribution in [2.45, 2.75) is 38.5 Å². The molecule has 2 aliphatic rings. The highest BCUT2D eigenvalue weighted by Gasteiger charge is 2.42. The van der Waals surface area contributed by atoms with Gasteiger partial charge in [0.25, 0.3) is 0 Å². The van der Waals surface area contributed by atoms with E-state index in [2.05, 4.69) is 41.8 Å². The average molecular weight is 409 g/mol. The minimum atomic E-state index is -0.687. The van der Waals surface area contributed by atoms with Crippen LogP contribution in [0.5, 0.6) is 0 Å². The lowest BCUT2D eigenvalue weighted by molar-refractivity contribution is -0.140. The maximum atomic E-state index is 12.9. The monoisotopic (exact) mass is 408 g/mol. The summed E-state index contributed by atoms with van der Waals surface area (Å²) in [5, 5.41) is 2.07. The van der Waals surface area contributed by atoms with Gasteiger partial charge in [-0.3, -0.25) is 9.59 Å². The summed E-state index contributed by atoms with van der Waals surface area (Å²) in [6.07, 6.45) is 9.09. The van der Waals surface area contributed by atoms with Crippen LogP contribution in [0.3, 0.4) is 0 Å². The molecule has 2 amide bonds. The molecule has 1 saturated heterocycles. The highest BCUT2D eigenvalue weighted by molar-refractivity contribution is 7.13. The number of carbonyl (C=O) groups excluding carboxylic acids is 2. The lowest BCUT2D eigenvalue weighted by Gasteiger charge is -2.41. The van der Waals surface area contributed by atoms with Crippen molar-refractivity contribution in [1.29, 1.82) is 0 Å². The molecule has 2 aromatic rings. The van der Waals surface area contributed by atoms with Crippen LogP contribution in [-0.4, -0.2) is 29.8 Å². The molecule has 1 aliphatic heterocycles. The van der Waals surface area contributed by atoms with Gasteiger partial charge in [0.05, 0.1) is 5.41 Å². The third kappa shape index (κ3) is 4.45. The van der Waals surface area contributed by atoms with Crippen molar-refractivity contribution >= 4 is 23.2 Å². The molecule has 2 atom stereocenters. The maximum Gasteiger partial charge on any atom is 0.225 e. The number of likely N-dealkylation sites (tertiary alicyclic amines) is 1. The van der Waals surface area contributed by atoms with E-state index in [-0.39, 0.29) is 11.8 Å². The minimum Gasteiger partial charge on any atom is -0.369 e. The smallest absolute Gasteiger partial charge is 0.225 e. The molecule has 4 rings (SSSR count). The molecule has 2 heterocycles. The topological polar surface area (TPSA) is 63.4 Å². The van der Waals surface area contributed by atoms with Crippen LogP contribution in [-0.2, 0) is 16.0 Å². The number of benzene rings is 1. The second kappa shape index (κ2) is 8.54. The van der Waals surface area contributed by atoms with E-state index in [1.165, 1.54) is 4.88 Å². The molecule has 1 fully saturated rings. The molecule has 29 heavy (non-hydrogen) atoms. The van der Waals surface area contributed by atoms with Gasteiger partial charge in [-0.05, 0) is 60.6 Å². The van der Waals surface area contributed by atoms with Gasteiger partial charge in [0.1, 0.15) is 0 Å². The Labute approximate surface area is 176 Å². The van der Waals surface area contributed by atoms with Gasteiger partial charge in [-0.1, -0.05) is 42.5 Å². The molecule has 1 aromatic heterocycles. The van der Waals surface area contributed by atoms with Crippen LogP contribution in [0.1, 0.15) is 37.7 Å². The first-order chi connectivity index (χ1) is 14.1. The molecule has 152 valence electrons. The van der Waals surface area contributed by atoms with E-state index >= 15 is 0 Å². The summed E-state index contributed by atoms with van der Waals surface area (Å²) < 4.78 is 0. The van der Waals surface area contributed by atoms with Gasteiger partial charge >= 0.3 is 0 Å². The predicted octanol–water partition coefficient (Wildman–Crippen LogP) is 4.41. The lowest BCUT2D eigenvalue weighted by atomic mass is 9.74. The van der Waals surface area contributed by atoms with Crippen LogP contribution in [0.4, 0.5) is 0 Å². The van der Waals surface area contributed by atoms with Crippen molar-refractivity contribution in [1.82, 2.24) is 4.90 Å². The number of carbonyl (C=O) groups is 2. The van der Waals surface area contributed by atoms with E-state index in [1.807, 2.05) is 17.0 Å². The Morgan fingerprint density at radius 2 is 2.14 bits per heavy atom. The first-order valence-electron chi connectivity index (χ1n) is 10.4. The number of amides is 2. The fourth-order valence-electron chi connectivity index (χ4n) is 4.66. The number of piperidine rings is 1. The summed E-state index contributed by atoms with van der Waals surface area (Å²) in [6, 6.07) is 12.5. The number of hydrogen-bond acceptors (Lipinski definition) is 3. The van der Waals surface area contributed by atoms with E-state index in [4.69, 9.17) is 5.73 Å². The summed E-state index contributed by atoms with van der Waals surface area (Å²) in [6.45, 7) is 1.15. The molecular weight excluding hydrogens is 380 g/mol. The summed E-state index contributed by atoms with van der Waals surface area (Å²) in [4.78, 5) is 28.5. The molecule has 0 bridgehead atoms. The van der Waals surface area contributed by atoms with E-state index in [9.17, 15) is 9.59 Å². The fraction of sp³-hybridized carbons (Fsp3) is 0.417. The Balaban J connectivity index is 1.51. The van der Waals surface area contributed by atoms with Crippen molar-refractivity contribution in [3.05, 3.63) is 59.5 Å². The molecule has 0 saturated carbocycles. The number of nitrogens with two attached hydrogens (primary N) is 1. The first kappa shape index (κ1) is 19.9. The van der Waals surface area contributed by atoms with Crippen LogP contribution < -0.4 is 5.73 Å². The zero-order chi connectivity index (χ0) is 20.3. The van der Waals surface area contributed by atoms with Crippen LogP contribution >= 0.6 is 11.3 Å². The number of primary amides is 1. The van der Waals surface area contributed by atoms with Crippen LogP contribution in [0.15, 0.2) is 53.9 Å². The summed E-state index contributed by atoms with van der Waals surface area (Å²) in [7, 11) is 0. The van der Waals surface area contributed by atoms with E-state index < -0.39 is 5.41 Å². The van der Waals surface area contributed by atoms with Crippen molar-refractivity contribution in [3.8, 4) is 10.4 Å². The van der Waals surface area contributed by atoms with Crippen molar-refractivity contribution in [2.24, 2.45) is 17.1 Å². The quantitative estimate of drug-likeness (QED) is 0.720. The van der Waals surface area contributed by atoms with Crippen LogP contribution in [0, 0.1) is 11.3 Å². The van der Waals surface area contributed by atoms with Crippen molar-refractivity contribution < 1.29 is 9.59 Å². The van der Waals surface area contributed by atoms with Gasteiger partial charge in [-0.25, -0.2) is 0 Å². The third-order valence-corrected chi connectivity index (χ3v) is 7.20. The highest BCUT2D eigenvalue weighted by Crippen LogP contribution is 2.36. The van der Waals surface area contributed by atoms with Crippen molar-refractivity contribution in [2.75, 3.05) is 13.1 Å². The van der Waals surface area contributed by atoms with Crippen LogP contribution in [0.25, 0.3) is 10.4 Å². The molecule has 5 heteroatoms. The molecule has 1 aromatic carbocycles. The van der Waals surface area contributed by atoms with Crippen LogP contribution in [0.2, 0.25) is 0 Å². The summed E-state index contributed by atoms with van der Waals surface area (Å²) >= 11 is 1.71. The number of rotatable bonds is 6. The number of hydrogen-bond donors (Lipinski definition) is 1. The molecule has 2 N–H and O–H groups in total. The second-order valence-electron chi connectivity index (χ2n) is 8.39. The van der Waals surface area contributed by atoms with Gasteiger partial charge in [-0.2, -0.15) is 0 Å². The molecule has 1 aliphatic carbocycles. The Hall–Kier alpha value is -2.40. The fourth-order valence-corrected chi connectivity index (χ4v) is 5.39. The Kier molecular flexibility index (Phi) is 5.86. The van der Waals surface area contributed by atoms with E-state index in [0.717, 1.165) is 43.4 Å². The predicted molar refractivity (Wildman–Crippen MR) is 117 cm³/mol. The standard InChI is InChI=1S/C24H28N2O2S/c25-23(28)24(16-19-8-3-9-20(14-19)21-10-4-13-29-21)11-5-12-26(17-24)22(27)15-18-6-1-2-7-18/h1,3-4,6,8-10,13-14,18H,2,5,7,11-12,15-17H2,(H2,25,28)/t18-,24-/m0/s1. The van der Waals surface area contributed by atoms with Gasteiger partial charge < -0.3 is 10.6 Å². The van der Waals surface area contributed by atoms with E-state index in [0.29, 0.717) is 25.3 Å². The molecule has 0 spiro atoms. The zero-order valence-corrected chi connectivity index (χ0v) is 17.5. The number of thiophene rings is 1. The number of nitrogens with zero attached hydrogens (tertiary/aromatic N) is 1. The Morgan fingerprint density at radius 3 is 2.86 bits per heavy atom. The normalized spacial score (nSPS) is 24.0. The van der Waals surface area contributed by atoms with Gasteiger partial charge in [0, 0.05) is 24.4 Å². The van der Waals surface area contributed by atoms with Gasteiger partial charge in [-0.15, -0.1) is 11.3 Å². The van der Waals surface area contributed by atoms with Gasteiger partial charge in [0.2, 0.25) is 11.8 Å². The maximum absolute atomic E-state index is 12.9. The van der Waals surface area contributed by atoms with Crippen molar-refractivity contribution in [3.63, 3.8) is 0 Å². The minimum absolute atomic E-state index is 0.152. The zero-order valence-electron chi connectivity index (χ0n) is 16.7. The SMILES string of the molecule is NC(=O)[C@]1(Cc2cccc(-c3cccs3)c2)CCCN(C(=O)C[C@H]2C=CCC2)C1. The summed E-state index contributed by atoms with van der Waals surface area (Å²) in [5.41, 5.74) is 7.50. The average Bonchev–Trinajstić information content (AvgIpc) is 3.42. The molecule has 0 unspecified atom stereocenters. The third-order valence-electron chi connectivity index (χ3n) is 6.28. The molecule has 4 nitrogen and oxygen atoms in total. The molecular formula is C24H28N2O2S. The lowest BCUT2D eigenvalue weighted by Crippen LogP contribution is -2.53. The first-order valence-corrected chi connectivity index (χ1v) is 11.3. The Morgan fingerprint density at radius 1 is 1.24 bits per heavy atom. The largest absolute Gasteiger partial charge is 0.369 e. The summed E-state index contributed by atoms with van der Waals surface area (Å²) in [5.74, 6) is 0.200.